The van der Waals surface area contributed by atoms with Crippen LogP contribution >= 0.6 is 0 Å². The number of aromatic nitrogens is 2. The molecule has 21 heavy (non-hydrogen) atoms. The van der Waals surface area contributed by atoms with Gasteiger partial charge in [-0.15, -0.1) is 0 Å². The molecule has 3 rings (SSSR count). The van der Waals surface area contributed by atoms with Crippen molar-refractivity contribution in [2.45, 2.75) is 25.7 Å². The van der Waals surface area contributed by atoms with Crippen LogP contribution in [0, 0.1) is 12.8 Å². The first-order valence-corrected chi connectivity index (χ1v) is 7.16. The molecule has 2 aliphatic heterocycles. The SMILES string of the molecule is Cc1ccnc(N2CC(C(=O)N3CCC(F)(F)CC3)C2)n1. The molecule has 0 saturated carbocycles. The fraction of sp³-hybridized carbons (Fsp3) is 0.643. The Balaban J connectivity index is 1.53. The van der Waals surface area contributed by atoms with E-state index in [4.69, 9.17) is 0 Å². The number of amides is 1. The van der Waals surface area contributed by atoms with E-state index in [1.807, 2.05) is 17.9 Å². The highest BCUT2D eigenvalue weighted by atomic mass is 19.3. The highest BCUT2D eigenvalue weighted by Crippen LogP contribution is 2.30. The molecule has 0 atom stereocenters. The van der Waals surface area contributed by atoms with Gasteiger partial charge in [0, 0.05) is 50.9 Å². The van der Waals surface area contributed by atoms with Gasteiger partial charge in [-0.2, -0.15) is 0 Å². The maximum absolute atomic E-state index is 13.1. The molecular formula is C14H18F2N4O. The Morgan fingerprint density at radius 3 is 2.62 bits per heavy atom. The minimum absolute atomic E-state index is 0.0191. The van der Waals surface area contributed by atoms with Crippen molar-refractivity contribution in [3.05, 3.63) is 18.0 Å². The Hall–Kier alpha value is -1.79. The van der Waals surface area contributed by atoms with Gasteiger partial charge in [0.25, 0.3) is 5.92 Å². The average Bonchev–Trinajstić information content (AvgIpc) is 2.37. The number of rotatable bonds is 2. The van der Waals surface area contributed by atoms with Crippen molar-refractivity contribution in [1.82, 2.24) is 14.9 Å². The predicted octanol–water partition coefficient (Wildman–Crippen LogP) is 1.48. The van der Waals surface area contributed by atoms with Crippen LogP contribution in [0.5, 0.6) is 0 Å². The molecule has 0 aliphatic carbocycles. The van der Waals surface area contributed by atoms with Gasteiger partial charge < -0.3 is 9.80 Å². The number of anilines is 1. The minimum Gasteiger partial charge on any atom is -0.342 e. The molecule has 2 fully saturated rings. The molecule has 1 aromatic rings. The number of nitrogens with zero attached hydrogens (tertiary/aromatic N) is 4. The Kier molecular flexibility index (Phi) is 3.51. The third kappa shape index (κ3) is 2.96. The van der Waals surface area contributed by atoms with Crippen LogP contribution in [-0.2, 0) is 4.79 Å². The molecule has 3 heterocycles. The summed E-state index contributed by atoms with van der Waals surface area (Å²) in [6.07, 6.45) is 1.24. The van der Waals surface area contributed by atoms with Gasteiger partial charge >= 0.3 is 0 Å². The van der Waals surface area contributed by atoms with Crippen LogP contribution in [0.4, 0.5) is 14.7 Å². The molecule has 1 amide bonds. The molecule has 2 aliphatic rings. The zero-order valence-electron chi connectivity index (χ0n) is 11.9. The normalized spacial score (nSPS) is 22.0. The summed E-state index contributed by atoms with van der Waals surface area (Å²) in [5, 5.41) is 0. The number of carbonyl (C=O) groups is 1. The first kappa shape index (κ1) is 14.2. The second kappa shape index (κ2) is 5.20. The summed E-state index contributed by atoms with van der Waals surface area (Å²) in [5.74, 6) is -2.13. The number of piperidine rings is 1. The molecule has 0 unspecified atom stereocenters. The van der Waals surface area contributed by atoms with Gasteiger partial charge in [0.05, 0.1) is 5.92 Å². The van der Waals surface area contributed by atoms with Gasteiger partial charge in [-0.25, -0.2) is 18.7 Å². The molecule has 0 radical (unpaired) electrons. The van der Waals surface area contributed by atoms with Crippen molar-refractivity contribution in [1.29, 1.82) is 0 Å². The molecule has 114 valence electrons. The lowest BCUT2D eigenvalue weighted by Crippen LogP contribution is -2.56. The van der Waals surface area contributed by atoms with Gasteiger partial charge in [-0.1, -0.05) is 0 Å². The van der Waals surface area contributed by atoms with Crippen LogP contribution in [0.2, 0.25) is 0 Å². The second-order valence-electron chi connectivity index (χ2n) is 5.78. The lowest BCUT2D eigenvalue weighted by atomic mass is 9.97. The smallest absolute Gasteiger partial charge is 0.251 e. The van der Waals surface area contributed by atoms with E-state index < -0.39 is 5.92 Å². The number of aryl methyl sites for hydroxylation is 1. The Bertz CT molecular complexity index is 536. The summed E-state index contributed by atoms with van der Waals surface area (Å²) in [6.45, 7) is 3.33. The first-order valence-electron chi connectivity index (χ1n) is 7.16. The Morgan fingerprint density at radius 2 is 2.00 bits per heavy atom. The highest BCUT2D eigenvalue weighted by molar-refractivity contribution is 5.81. The van der Waals surface area contributed by atoms with E-state index >= 15 is 0 Å². The molecule has 0 spiro atoms. The molecule has 7 heteroatoms. The van der Waals surface area contributed by atoms with Crippen LogP contribution in [0.15, 0.2) is 12.3 Å². The van der Waals surface area contributed by atoms with Crippen LogP contribution in [0.3, 0.4) is 0 Å². The van der Waals surface area contributed by atoms with Gasteiger partial charge in [0.15, 0.2) is 0 Å². The number of carbonyl (C=O) groups excluding carboxylic acids is 1. The number of hydrogen-bond donors (Lipinski definition) is 0. The molecule has 2 saturated heterocycles. The van der Waals surface area contributed by atoms with Crippen molar-refractivity contribution < 1.29 is 13.6 Å². The third-order valence-corrected chi connectivity index (χ3v) is 4.10. The van der Waals surface area contributed by atoms with E-state index in [2.05, 4.69) is 9.97 Å². The number of likely N-dealkylation sites (tertiary alicyclic amines) is 1. The van der Waals surface area contributed by atoms with E-state index in [9.17, 15) is 13.6 Å². The summed E-state index contributed by atoms with van der Waals surface area (Å²) in [5.41, 5.74) is 0.882. The lowest BCUT2D eigenvalue weighted by Gasteiger charge is -2.42. The van der Waals surface area contributed by atoms with Gasteiger partial charge in [-0.3, -0.25) is 4.79 Å². The summed E-state index contributed by atoms with van der Waals surface area (Å²) in [7, 11) is 0. The van der Waals surface area contributed by atoms with Gasteiger partial charge in [-0.05, 0) is 13.0 Å². The maximum atomic E-state index is 13.1. The van der Waals surface area contributed by atoms with E-state index in [0.717, 1.165) is 5.69 Å². The number of alkyl halides is 2. The molecule has 0 N–H and O–H groups in total. The Labute approximate surface area is 122 Å². The maximum Gasteiger partial charge on any atom is 0.251 e. The molecular weight excluding hydrogens is 278 g/mol. The van der Waals surface area contributed by atoms with Crippen LogP contribution < -0.4 is 4.90 Å². The topological polar surface area (TPSA) is 49.3 Å². The Morgan fingerprint density at radius 1 is 1.33 bits per heavy atom. The van der Waals surface area contributed by atoms with E-state index in [0.29, 0.717) is 19.0 Å². The molecule has 1 aromatic heterocycles. The van der Waals surface area contributed by atoms with E-state index in [-0.39, 0.29) is 37.8 Å². The standard InChI is InChI=1S/C14H18F2N4O/c1-10-2-5-17-13(18-10)20-8-11(9-20)12(21)19-6-3-14(15,16)4-7-19/h2,5,11H,3-4,6-9H2,1H3. The fourth-order valence-corrected chi connectivity index (χ4v) is 2.70. The van der Waals surface area contributed by atoms with Crippen molar-refractivity contribution in [3.8, 4) is 0 Å². The van der Waals surface area contributed by atoms with Crippen molar-refractivity contribution in [2.24, 2.45) is 5.92 Å². The van der Waals surface area contributed by atoms with Crippen molar-refractivity contribution in [3.63, 3.8) is 0 Å². The summed E-state index contributed by atoms with van der Waals surface area (Å²) in [6, 6.07) is 1.82. The first-order chi connectivity index (χ1) is 9.94. The summed E-state index contributed by atoms with van der Waals surface area (Å²) >= 11 is 0. The number of hydrogen-bond acceptors (Lipinski definition) is 4. The fourth-order valence-electron chi connectivity index (χ4n) is 2.70. The highest BCUT2D eigenvalue weighted by Gasteiger charge is 2.41. The minimum atomic E-state index is -2.61. The van der Waals surface area contributed by atoms with E-state index in [1.54, 1.807) is 11.1 Å². The van der Waals surface area contributed by atoms with Crippen molar-refractivity contribution in [2.75, 3.05) is 31.1 Å². The van der Waals surface area contributed by atoms with Gasteiger partial charge in [0.2, 0.25) is 11.9 Å². The lowest BCUT2D eigenvalue weighted by molar-refractivity contribution is -0.142. The predicted molar refractivity (Wildman–Crippen MR) is 73.2 cm³/mol. The summed E-state index contributed by atoms with van der Waals surface area (Å²) < 4.78 is 26.2. The molecule has 0 bridgehead atoms. The van der Waals surface area contributed by atoms with Gasteiger partial charge in [0.1, 0.15) is 0 Å². The van der Waals surface area contributed by atoms with Crippen LogP contribution in [-0.4, -0.2) is 52.9 Å². The van der Waals surface area contributed by atoms with Crippen molar-refractivity contribution >= 4 is 11.9 Å². The second-order valence-corrected chi connectivity index (χ2v) is 5.78. The van der Waals surface area contributed by atoms with E-state index in [1.165, 1.54) is 0 Å². The monoisotopic (exact) mass is 296 g/mol. The van der Waals surface area contributed by atoms with Crippen LogP contribution in [0.25, 0.3) is 0 Å². The zero-order chi connectivity index (χ0) is 15.0. The zero-order valence-corrected chi connectivity index (χ0v) is 11.9. The third-order valence-electron chi connectivity index (χ3n) is 4.10. The average molecular weight is 296 g/mol. The van der Waals surface area contributed by atoms with Crippen LogP contribution in [0.1, 0.15) is 18.5 Å². The molecule has 5 nitrogen and oxygen atoms in total. The number of halogens is 2. The summed E-state index contributed by atoms with van der Waals surface area (Å²) in [4.78, 5) is 24.2. The quantitative estimate of drug-likeness (QED) is 0.829. The largest absolute Gasteiger partial charge is 0.342 e. The molecule has 0 aromatic carbocycles.